The Morgan fingerprint density at radius 2 is 1.85 bits per heavy atom. The molecule has 0 rings (SSSR count). The van der Waals surface area contributed by atoms with Crippen LogP contribution < -0.4 is 0 Å². The Labute approximate surface area is 83.1 Å². The van der Waals surface area contributed by atoms with Crippen LogP contribution in [0.2, 0.25) is 0 Å². The van der Waals surface area contributed by atoms with Crippen LogP contribution in [-0.4, -0.2) is 0 Å². The van der Waals surface area contributed by atoms with Crippen molar-refractivity contribution in [3.63, 3.8) is 0 Å². The molecule has 0 aliphatic rings. The van der Waals surface area contributed by atoms with Gasteiger partial charge < -0.3 is 0 Å². The number of hydrogen-bond donors (Lipinski definition) is 0. The lowest BCUT2D eigenvalue weighted by Gasteiger charge is -1.99. The molecule has 1 radical (unpaired) electrons. The molecule has 0 spiro atoms. The zero-order valence-corrected chi connectivity index (χ0v) is 8.82. The molecule has 0 heterocycles. The lowest BCUT2D eigenvalue weighted by Crippen LogP contribution is -1.92. The summed E-state index contributed by atoms with van der Waals surface area (Å²) >= 11 is 0. The van der Waals surface area contributed by atoms with Crippen LogP contribution >= 0.6 is 0 Å². The molecule has 0 N–H and O–H groups in total. The Kier molecular flexibility index (Phi) is 8.59. The Hall–Kier alpha value is -0.880. The highest BCUT2D eigenvalue weighted by Crippen LogP contribution is 2.06. The highest BCUT2D eigenvalue weighted by molar-refractivity contribution is 5.12. The number of hydrogen-bond acceptors (Lipinski definition) is 0. The van der Waals surface area contributed by atoms with E-state index >= 15 is 0 Å². The number of unbranched alkanes of at least 4 members (excludes halogenated alkanes) is 3. The van der Waals surface area contributed by atoms with E-state index in [2.05, 4.69) is 31.6 Å². The van der Waals surface area contributed by atoms with Crippen molar-refractivity contribution in [2.24, 2.45) is 5.92 Å². The zero-order valence-electron chi connectivity index (χ0n) is 8.82. The molecule has 0 aromatic heterocycles. The maximum Gasteiger partial charge on any atom is 0.0821 e. The summed E-state index contributed by atoms with van der Waals surface area (Å²) in [6.45, 7) is 4.32. The fourth-order valence-corrected chi connectivity index (χ4v) is 1.05. The maximum absolute atomic E-state index is 7.07. The second kappa shape index (κ2) is 9.21. The predicted molar refractivity (Wildman–Crippen MR) is 57.4 cm³/mol. The lowest BCUT2D eigenvalue weighted by molar-refractivity contribution is 0.667. The van der Waals surface area contributed by atoms with E-state index in [9.17, 15) is 0 Å². The summed E-state index contributed by atoms with van der Waals surface area (Å²) < 4.78 is 0. The van der Waals surface area contributed by atoms with Gasteiger partial charge in [-0.25, -0.2) is 0 Å². The van der Waals surface area contributed by atoms with Crippen LogP contribution in [0.1, 0.15) is 52.4 Å². The Bertz CT molecular complexity index is 196. The van der Waals surface area contributed by atoms with E-state index in [0.29, 0.717) is 0 Å². The third-order valence-corrected chi connectivity index (χ3v) is 1.95. The highest BCUT2D eigenvalue weighted by Gasteiger charge is 1.97. The van der Waals surface area contributed by atoms with E-state index in [4.69, 9.17) is 6.42 Å². The molecule has 0 bridgehead atoms. The zero-order chi connectivity index (χ0) is 9.94. The van der Waals surface area contributed by atoms with Crippen molar-refractivity contribution in [2.75, 3.05) is 0 Å². The molecule has 0 aromatic rings. The molecule has 1 unspecified atom stereocenters. The smallest absolute Gasteiger partial charge is 0.0821 e. The van der Waals surface area contributed by atoms with E-state index in [0.717, 1.165) is 19.3 Å². The molecule has 0 heteroatoms. The average Bonchev–Trinajstić information content (AvgIpc) is 2.17. The van der Waals surface area contributed by atoms with Gasteiger partial charge in [0.1, 0.15) is 0 Å². The van der Waals surface area contributed by atoms with E-state index in [-0.39, 0.29) is 5.92 Å². The van der Waals surface area contributed by atoms with Crippen LogP contribution in [0.15, 0.2) is 0 Å². The van der Waals surface area contributed by atoms with Gasteiger partial charge in [-0.05, 0) is 19.3 Å². The van der Waals surface area contributed by atoms with Gasteiger partial charge >= 0.3 is 0 Å². The summed E-state index contributed by atoms with van der Waals surface area (Å²) in [5.41, 5.74) is 0. The van der Waals surface area contributed by atoms with Crippen LogP contribution in [0.5, 0.6) is 0 Å². The molecular formula is C13H19. The molecule has 0 amide bonds. The van der Waals surface area contributed by atoms with Gasteiger partial charge in [0.25, 0.3) is 0 Å². The first-order chi connectivity index (χ1) is 6.35. The van der Waals surface area contributed by atoms with Crippen molar-refractivity contribution in [2.45, 2.75) is 52.4 Å². The largest absolute Gasteiger partial charge is 0.102 e. The molecule has 0 aliphatic carbocycles. The second-order valence-electron chi connectivity index (χ2n) is 3.26. The van der Waals surface area contributed by atoms with E-state index in [1.165, 1.54) is 19.3 Å². The predicted octanol–water partition coefficient (Wildman–Crippen LogP) is 3.58. The van der Waals surface area contributed by atoms with Crippen molar-refractivity contribution in [1.29, 1.82) is 0 Å². The van der Waals surface area contributed by atoms with Crippen molar-refractivity contribution >= 4 is 0 Å². The quantitative estimate of drug-likeness (QED) is 0.442. The summed E-state index contributed by atoms with van der Waals surface area (Å²) in [7, 11) is 0. The fourth-order valence-electron chi connectivity index (χ4n) is 1.05. The van der Waals surface area contributed by atoms with Crippen LogP contribution in [-0.2, 0) is 0 Å². The number of rotatable bonds is 5. The van der Waals surface area contributed by atoms with E-state index in [1.54, 1.807) is 0 Å². The summed E-state index contributed by atoms with van der Waals surface area (Å²) in [6, 6.07) is 0. The van der Waals surface area contributed by atoms with Gasteiger partial charge in [-0.15, -0.1) is 5.92 Å². The first-order valence-corrected chi connectivity index (χ1v) is 5.25. The summed E-state index contributed by atoms with van der Waals surface area (Å²) in [6.07, 6.45) is 13.7. The highest BCUT2D eigenvalue weighted by atomic mass is 14.0. The van der Waals surface area contributed by atoms with Gasteiger partial charge in [0.15, 0.2) is 0 Å². The minimum atomic E-state index is 0.0804. The monoisotopic (exact) mass is 175 g/mol. The fraction of sp³-hybridized carbons (Fsp3) is 0.692. The van der Waals surface area contributed by atoms with Gasteiger partial charge in [-0.1, -0.05) is 45.0 Å². The molecule has 0 aliphatic heterocycles. The van der Waals surface area contributed by atoms with Gasteiger partial charge in [-0.3, -0.25) is 0 Å². The molecule has 1 atom stereocenters. The average molecular weight is 175 g/mol. The molecular weight excluding hydrogens is 156 g/mol. The van der Waals surface area contributed by atoms with E-state index in [1.807, 2.05) is 0 Å². The lowest BCUT2D eigenvalue weighted by atomic mass is 10.0. The molecule has 0 saturated carbocycles. The van der Waals surface area contributed by atoms with Crippen molar-refractivity contribution in [3.05, 3.63) is 6.42 Å². The Morgan fingerprint density at radius 1 is 1.15 bits per heavy atom. The minimum Gasteiger partial charge on any atom is -0.102 e. The third-order valence-electron chi connectivity index (χ3n) is 1.95. The van der Waals surface area contributed by atoms with Gasteiger partial charge in [0.05, 0.1) is 5.92 Å². The van der Waals surface area contributed by atoms with Crippen LogP contribution in [0, 0.1) is 30.1 Å². The molecule has 0 fully saturated rings. The summed E-state index contributed by atoms with van der Waals surface area (Å²) in [5.74, 6) is 8.77. The Morgan fingerprint density at radius 3 is 2.38 bits per heavy atom. The summed E-state index contributed by atoms with van der Waals surface area (Å²) in [4.78, 5) is 0. The van der Waals surface area contributed by atoms with Crippen LogP contribution in [0.4, 0.5) is 0 Å². The molecule has 0 nitrogen and oxygen atoms in total. The molecule has 0 saturated heterocycles. The summed E-state index contributed by atoms with van der Waals surface area (Å²) in [5, 5.41) is 0. The standard InChI is InChI=1S/C13H19/c1-4-7-9-10-12-13(6-3)11-8-5-2/h13H,4-5,7-9,11H2,1-2H3. The van der Waals surface area contributed by atoms with Crippen LogP contribution in [0.25, 0.3) is 0 Å². The second-order valence-corrected chi connectivity index (χ2v) is 3.26. The van der Waals surface area contributed by atoms with Gasteiger partial charge in [0.2, 0.25) is 0 Å². The SMILES string of the molecule is [C]#CC(C#CCCCC)CCCC. The van der Waals surface area contributed by atoms with E-state index < -0.39 is 0 Å². The van der Waals surface area contributed by atoms with Crippen molar-refractivity contribution < 1.29 is 0 Å². The van der Waals surface area contributed by atoms with Crippen molar-refractivity contribution in [3.8, 4) is 17.8 Å². The molecule has 71 valence electrons. The topological polar surface area (TPSA) is 0 Å². The maximum atomic E-state index is 7.07. The molecule has 13 heavy (non-hydrogen) atoms. The third kappa shape index (κ3) is 7.48. The van der Waals surface area contributed by atoms with Gasteiger partial charge in [-0.2, -0.15) is 0 Å². The Balaban J connectivity index is 3.68. The first kappa shape index (κ1) is 12.1. The normalized spacial score (nSPS) is 11.2. The van der Waals surface area contributed by atoms with Crippen LogP contribution in [0.3, 0.4) is 0 Å². The van der Waals surface area contributed by atoms with Crippen molar-refractivity contribution in [1.82, 2.24) is 0 Å². The van der Waals surface area contributed by atoms with Gasteiger partial charge in [0, 0.05) is 6.42 Å². The minimum absolute atomic E-state index is 0.0804. The first-order valence-electron chi connectivity index (χ1n) is 5.25. The molecule has 0 aromatic carbocycles.